The highest BCUT2D eigenvalue weighted by molar-refractivity contribution is 5.97. The molecule has 3 rings (SSSR count). The van der Waals surface area contributed by atoms with E-state index < -0.39 is 5.92 Å². The topological polar surface area (TPSA) is 79.0 Å². The maximum Gasteiger partial charge on any atom is 0.244 e. The van der Waals surface area contributed by atoms with Gasteiger partial charge < -0.3 is 19.9 Å². The third-order valence-electron chi connectivity index (χ3n) is 5.67. The fourth-order valence-corrected chi connectivity index (χ4v) is 3.90. The van der Waals surface area contributed by atoms with E-state index in [1.54, 1.807) is 23.1 Å². The Balaban J connectivity index is 1.62. The monoisotopic (exact) mass is 423 g/mol. The lowest BCUT2D eigenvalue weighted by atomic mass is 10.1. The standard InChI is InChI=1S/C24H29N3O4/c1-4-26(16-22(28)25-20-12-8-9-13-21(20)31-3)24(30)19-14-23(29)27(15-19)17(2)18-10-6-5-7-11-18/h5-13,17,19H,4,14-16H2,1-3H3,(H,25,28)/t17-,19+/m0/s1. The number of carbonyl (C=O) groups is 3. The highest BCUT2D eigenvalue weighted by atomic mass is 16.5. The van der Waals surface area contributed by atoms with E-state index in [0.717, 1.165) is 5.56 Å². The van der Waals surface area contributed by atoms with E-state index >= 15 is 0 Å². The molecule has 0 bridgehead atoms. The van der Waals surface area contributed by atoms with Gasteiger partial charge in [-0.25, -0.2) is 0 Å². The predicted octanol–water partition coefficient (Wildman–Crippen LogP) is 3.09. The molecule has 1 aliphatic rings. The number of anilines is 1. The smallest absolute Gasteiger partial charge is 0.244 e. The van der Waals surface area contributed by atoms with Crippen molar-refractivity contribution in [2.45, 2.75) is 26.3 Å². The molecule has 0 saturated carbocycles. The van der Waals surface area contributed by atoms with Gasteiger partial charge in [0.15, 0.2) is 0 Å². The summed E-state index contributed by atoms with van der Waals surface area (Å²) >= 11 is 0. The number of ether oxygens (including phenoxy) is 1. The quantitative estimate of drug-likeness (QED) is 0.708. The van der Waals surface area contributed by atoms with Crippen molar-refractivity contribution < 1.29 is 19.1 Å². The Hall–Kier alpha value is -3.35. The van der Waals surface area contributed by atoms with Crippen molar-refractivity contribution in [2.24, 2.45) is 5.92 Å². The first-order valence-electron chi connectivity index (χ1n) is 10.5. The highest BCUT2D eigenvalue weighted by Gasteiger charge is 2.38. The molecular weight excluding hydrogens is 394 g/mol. The first-order valence-corrected chi connectivity index (χ1v) is 10.5. The molecule has 164 valence electrons. The van der Waals surface area contributed by atoms with Gasteiger partial charge in [-0.15, -0.1) is 0 Å². The molecule has 0 unspecified atom stereocenters. The number of likely N-dealkylation sites (tertiary alicyclic amines) is 1. The molecule has 1 saturated heterocycles. The average Bonchev–Trinajstić information content (AvgIpc) is 3.19. The zero-order chi connectivity index (χ0) is 22.4. The minimum absolute atomic E-state index is 0.0378. The summed E-state index contributed by atoms with van der Waals surface area (Å²) in [6, 6.07) is 16.8. The van der Waals surface area contributed by atoms with Crippen LogP contribution < -0.4 is 10.1 Å². The van der Waals surface area contributed by atoms with Gasteiger partial charge in [-0.2, -0.15) is 0 Å². The molecule has 3 amide bonds. The molecule has 0 aliphatic carbocycles. The molecule has 7 nitrogen and oxygen atoms in total. The van der Waals surface area contributed by atoms with Gasteiger partial charge in [0.2, 0.25) is 17.7 Å². The summed E-state index contributed by atoms with van der Waals surface area (Å²) in [5, 5.41) is 2.79. The zero-order valence-electron chi connectivity index (χ0n) is 18.2. The molecule has 2 atom stereocenters. The van der Waals surface area contributed by atoms with Gasteiger partial charge in [0.05, 0.1) is 31.3 Å². The third-order valence-corrected chi connectivity index (χ3v) is 5.67. The number of carbonyl (C=O) groups excluding carboxylic acids is 3. The lowest BCUT2D eigenvalue weighted by molar-refractivity contribution is -0.138. The molecule has 1 heterocycles. The van der Waals surface area contributed by atoms with Gasteiger partial charge >= 0.3 is 0 Å². The summed E-state index contributed by atoms with van der Waals surface area (Å²) < 4.78 is 5.25. The van der Waals surface area contributed by atoms with Crippen molar-refractivity contribution >= 4 is 23.4 Å². The number of nitrogens with zero attached hydrogens (tertiary/aromatic N) is 2. The second-order valence-electron chi connectivity index (χ2n) is 7.63. The van der Waals surface area contributed by atoms with Gasteiger partial charge in [-0.05, 0) is 31.5 Å². The number of amides is 3. The maximum absolute atomic E-state index is 13.1. The van der Waals surface area contributed by atoms with Crippen LogP contribution in [0.15, 0.2) is 54.6 Å². The predicted molar refractivity (Wildman–Crippen MR) is 119 cm³/mol. The van der Waals surface area contributed by atoms with Crippen LogP contribution >= 0.6 is 0 Å². The van der Waals surface area contributed by atoms with E-state index in [2.05, 4.69) is 5.32 Å². The summed E-state index contributed by atoms with van der Waals surface area (Å²) in [5.74, 6) is -0.411. The Bertz CT molecular complexity index is 931. The highest BCUT2D eigenvalue weighted by Crippen LogP contribution is 2.29. The van der Waals surface area contributed by atoms with Crippen molar-refractivity contribution in [3.63, 3.8) is 0 Å². The van der Waals surface area contributed by atoms with Crippen LogP contribution in [-0.4, -0.2) is 54.3 Å². The van der Waals surface area contributed by atoms with Crippen LogP contribution in [0.3, 0.4) is 0 Å². The molecule has 7 heteroatoms. The minimum Gasteiger partial charge on any atom is -0.495 e. The van der Waals surface area contributed by atoms with Crippen LogP contribution in [0.2, 0.25) is 0 Å². The van der Waals surface area contributed by atoms with E-state index in [4.69, 9.17) is 4.74 Å². The first-order chi connectivity index (χ1) is 14.9. The van der Waals surface area contributed by atoms with Gasteiger partial charge in [0.1, 0.15) is 5.75 Å². The van der Waals surface area contributed by atoms with E-state index in [0.29, 0.717) is 24.5 Å². The second kappa shape index (κ2) is 10.1. The summed E-state index contributed by atoms with van der Waals surface area (Å²) in [4.78, 5) is 41.5. The number of benzene rings is 2. The zero-order valence-corrected chi connectivity index (χ0v) is 18.2. The number of methoxy groups -OCH3 is 1. The number of nitrogens with one attached hydrogen (secondary N) is 1. The molecule has 0 aromatic heterocycles. The largest absolute Gasteiger partial charge is 0.495 e. The SMILES string of the molecule is CCN(CC(=O)Nc1ccccc1OC)C(=O)[C@@H]1CC(=O)N([C@@H](C)c2ccccc2)C1. The third kappa shape index (κ3) is 5.23. The van der Waals surface area contributed by atoms with E-state index in [1.165, 1.54) is 12.0 Å². The maximum atomic E-state index is 13.1. The Morgan fingerprint density at radius 1 is 1.16 bits per heavy atom. The fourth-order valence-electron chi connectivity index (χ4n) is 3.90. The van der Waals surface area contributed by atoms with E-state index in [-0.39, 0.29) is 36.7 Å². The van der Waals surface area contributed by atoms with Crippen molar-refractivity contribution in [3.8, 4) is 5.75 Å². The van der Waals surface area contributed by atoms with Crippen molar-refractivity contribution in [1.82, 2.24) is 9.80 Å². The Morgan fingerprint density at radius 3 is 2.52 bits per heavy atom. The van der Waals surface area contributed by atoms with Crippen LogP contribution in [0.5, 0.6) is 5.75 Å². The molecule has 0 spiro atoms. The van der Waals surface area contributed by atoms with Crippen molar-refractivity contribution in [2.75, 3.05) is 32.1 Å². The number of rotatable bonds is 8. The number of hydrogen-bond acceptors (Lipinski definition) is 4. The number of hydrogen-bond donors (Lipinski definition) is 1. The van der Waals surface area contributed by atoms with Crippen LogP contribution in [0.1, 0.15) is 31.9 Å². The van der Waals surface area contributed by atoms with E-state index in [9.17, 15) is 14.4 Å². The molecule has 1 N–H and O–H groups in total. The van der Waals surface area contributed by atoms with Crippen molar-refractivity contribution in [3.05, 3.63) is 60.2 Å². The summed E-state index contributed by atoms with van der Waals surface area (Å²) in [7, 11) is 1.53. The van der Waals surface area contributed by atoms with Gasteiger partial charge in [0, 0.05) is 19.5 Å². The molecule has 1 fully saturated rings. The summed E-state index contributed by atoms with van der Waals surface area (Å²) in [6.07, 6.45) is 0.167. The van der Waals surface area contributed by atoms with Crippen LogP contribution in [-0.2, 0) is 14.4 Å². The molecular formula is C24H29N3O4. The Labute approximate surface area is 183 Å². The molecule has 0 radical (unpaired) electrons. The normalized spacial score (nSPS) is 16.7. The second-order valence-corrected chi connectivity index (χ2v) is 7.63. The van der Waals surface area contributed by atoms with Crippen LogP contribution in [0.4, 0.5) is 5.69 Å². The fraction of sp³-hybridized carbons (Fsp3) is 0.375. The Morgan fingerprint density at radius 2 is 1.84 bits per heavy atom. The molecule has 31 heavy (non-hydrogen) atoms. The summed E-state index contributed by atoms with van der Waals surface area (Å²) in [6.45, 7) is 4.47. The Kier molecular flexibility index (Phi) is 7.28. The van der Waals surface area contributed by atoms with E-state index in [1.807, 2.05) is 50.2 Å². The molecule has 2 aromatic rings. The average molecular weight is 424 g/mol. The van der Waals surface area contributed by atoms with Gasteiger partial charge in [-0.1, -0.05) is 42.5 Å². The number of para-hydroxylation sites is 2. The first kappa shape index (κ1) is 22.3. The van der Waals surface area contributed by atoms with Crippen molar-refractivity contribution in [1.29, 1.82) is 0 Å². The summed E-state index contributed by atoms with van der Waals surface area (Å²) in [5.41, 5.74) is 1.59. The van der Waals surface area contributed by atoms with Gasteiger partial charge in [0.25, 0.3) is 0 Å². The van der Waals surface area contributed by atoms with Crippen LogP contribution in [0.25, 0.3) is 0 Å². The molecule has 2 aromatic carbocycles. The van der Waals surface area contributed by atoms with Gasteiger partial charge in [-0.3, -0.25) is 14.4 Å². The number of likely N-dealkylation sites (N-methyl/N-ethyl adjacent to an activating group) is 1. The minimum atomic E-state index is -0.447. The van der Waals surface area contributed by atoms with Crippen LogP contribution in [0, 0.1) is 5.92 Å². The lowest BCUT2D eigenvalue weighted by Crippen LogP contribution is -2.42. The molecule has 1 aliphatic heterocycles. The lowest BCUT2D eigenvalue weighted by Gasteiger charge is -2.27.